The minimum Gasteiger partial charge on any atom is -0.316 e. The second kappa shape index (κ2) is 5.50. The molecule has 0 saturated carbocycles. The van der Waals surface area contributed by atoms with Crippen LogP contribution in [0.4, 0.5) is 0 Å². The Morgan fingerprint density at radius 2 is 2.38 bits per heavy atom. The van der Waals surface area contributed by atoms with Gasteiger partial charge in [-0.25, -0.2) is 0 Å². The molecule has 16 heavy (non-hydrogen) atoms. The largest absolute Gasteiger partial charge is 0.316 e. The summed E-state index contributed by atoms with van der Waals surface area (Å²) in [5.74, 6) is 0. The zero-order valence-corrected chi connectivity index (χ0v) is 11.7. The summed E-state index contributed by atoms with van der Waals surface area (Å²) < 4.78 is 1.09. The molecule has 1 fully saturated rings. The van der Waals surface area contributed by atoms with Crippen molar-refractivity contribution >= 4 is 27.5 Å². The van der Waals surface area contributed by atoms with Gasteiger partial charge in [-0.05, 0) is 37.2 Å². The molecule has 1 heterocycles. The van der Waals surface area contributed by atoms with Crippen molar-refractivity contribution in [3.05, 3.63) is 33.3 Å². The van der Waals surface area contributed by atoms with Gasteiger partial charge in [0.25, 0.3) is 0 Å². The molecule has 2 nitrogen and oxygen atoms in total. The van der Waals surface area contributed by atoms with E-state index in [1.54, 1.807) is 0 Å². The van der Waals surface area contributed by atoms with Gasteiger partial charge >= 0.3 is 0 Å². The van der Waals surface area contributed by atoms with Crippen molar-refractivity contribution in [1.29, 1.82) is 0 Å². The number of halogens is 2. The van der Waals surface area contributed by atoms with E-state index in [0.717, 1.165) is 29.1 Å². The molecule has 0 radical (unpaired) electrons. The van der Waals surface area contributed by atoms with Gasteiger partial charge in [0.1, 0.15) is 0 Å². The van der Waals surface area contributed by atoms with Crippen LogP contribution in [0.15, 0.2) is 22.7 Å². The van der Waals surface area contributed by atoms with Crippen LogP contribution in [0.3, 0.4) is 0 Å². The van der Waals surface area contributed by atoms with Crippen LogP contribution in [0.1, 0.15) is 12.0 Å². The Balaban J connectivity index is 2.01. The third kappa shape index (κ3) is 2.98. The van der Waals surface area contributed by atoms with Gasteiger partial charge in [0.15, 0.2) is 0 Å². The van der Waals surface area contributed by atoms with Crippen LogP contribution in [0.25, 0.3) is 0 Å². The summed E-state index contributed by atoms with van der Waals surface area (Å²) in [6.45, 7) is 3.20. The van der Waals surface area contributed by atoms with Crippen LogP contribution in [0.2, 0.25) is 5.02 Å². The van der Waals surface area contributed by atoms with Gasteiger partial charge < -0.3 is 5.32 Å². The second-order valence-electron chi connectivity index (χ2n) is 4.25. The van der Waals surface area contributed by atoms with Crippen LogP contribution in [0, 0.1) is 0 Å². The van der Waals surface area contributed by atoms with Crippen LogP contribution >= 0.6 is 27.5 Å². The molecule has 0 spiro atoms. The minimum atomic E-state index is 0.630. The first-order valence-corrected chi connectivity index (χ1v) is 6.69. The Bertz CT molecular complexity index is 370. The van der Waals surface area contributed by atoms with Crippen molar-refractivity contribution in [2.75, 3.05) is 20.1 Å². The third-order valence-corrected chi connectivity index (χ3v) is 3.94. The molecule has 1 aliphatic heterocycles. The summed E-state index contributed by atoms with van der Waals surface area (Å²) in [6, 6.07) is 6.67. The Kier molecular flexibility index (Phi) is 4.25. The van der Waals surface area contributed by atoms with E-state index in [0.29, 0.717) is 6.04 Å². The van der Waals surface area contributed by atoms with Crippen molar-refractivity contribution in [2.24, 2.45) is 0 Å². The van der Waals surface area contributed by atoms with E-state index in [2.05, 4.69) is 32.2 Å². The summed E-state index contributed by atoms with van der Waals surface area (Å²) in [7, 11) is 2.03. The Hall–Kier alpha value is -0.0900. The summed E-state index contributed by atoms with van der Waals surface area (Å²) >= 11 is 9.66. The number of hydrogen-bond acceptors (Lipinski definition) is 2. The summed E-state index contributed by atoms with van der Waals surface area (Å²) in [5, 5.41) is 4.18. The number of benzene rings is 1. The van der Waals surface area contributed by atoms with E-state index < -0.39 is 0 Å². The molecule has 1 aromatic carbocycles. The first kappa shape index (κ1) is 12.4. The smallest absolute Gasteiger partial charge is 0.0451 e. The number of nitrogens with zero attached hydrogens (tertiary/aromatic N) is 1. The van der Waals surface area contributed by atoms with Gasteiger partial charge in [-0.3, -0.25) is 4.90 Å². The predicted molar refractivity (Wildman–Crippen MR) is 71.9 cm³/mol. The molecule has 1 N–H and O–H groups in total. The molecule has 1 aromatic rings. The first-order chi connectivity index (χ1) is 7.69. The molecule has 1 unspecified atom stereocenters. The zero-order chi connectivity index (χ0) is 11.5. The Labute approximate surface area is 110 Å². The van der Waals surface area contributed by atoms with Crippen molar-refractivity contribution in [1.82, 2.24) is 10.2 Å². The van der Waals surface area contributed by atoms with E-state index in [-0.39, 0.29) is 0 Å². The van der Waals surface area contributed by atoms with Crippen molar-refractivity contribution in [3.8, 4) is 0 Å². The molecule has 2 rings (SSSR count). The molecular formula is C12H16BrClN2. The van der Waals surface area contributed by atoms with Crippen LogP contribution in [0.5, 0.6) is 0 Å². The maximum atomic E-state index is 6.18. The molecular weight excluding hydrogens is 288 g/mol. The molecule has 0 aromatic heterocycles. The SMILES string of the molecule is CNC1CCN(Cc2cc(Br)ccc2Cl)C1. The van der Waals surface area contributed by atoms with Gasteiger partial charge in [0, 0.05) is 35.2 Å². The monoisotopic (exact) mass is 302 g/mol. The summed E-state index contributed by atoms with van der Waals surface area (Å²) in [5.41, 5.74) is 1.20. The molecule has 0 aliphatic carbocycles. The predicted octanol–water partition coefficient (Wildman–Crippen LogP) is 2.90. The maximum absolute atomic E-state index is 6.18. The lowest BCUT2D eigenvalue weighted by molar-refractivity contribution is 0.322. The van der Waals surface area contributed by atoms with Gasteiger partial charge in [0.2, 0.25) is 0 Å². The highest BCUT2D eigenvalue weighted by molar-refractivity contribution is 9.10. The lowest BCUT2D eigenvalue weighted by atomic mass is 10.2. The average molecular weight is 304 g/mol. The lowest BCUT2D eigenvalue weighted by Crippen LogP contribution is -2.29. The van der Waals surface area contributed by atoms with E-state index in [4.69, 9.17) is 11.6 Å². The van der Waals surface area contributed by atoms with E-state index in [1.807, 2.05) is 19.2 Å². The van der Waals surface area contributed by atoms with Gasteiger partial charge in [-0.15, -0.1) is 0 Å². The molecule has 1 saturated heterocycles. The molecule has 88 valence electrons. The van der Waals surface area contributed by atoms with Crippen molar-refractivity contribution < 1.29 is 0 Å². The van der Waals surface area contributed by atoms with E-state index >= 15 is 0 Å². The zero-order valence-electron chi connectivity index (χ0n) is 9.34. The fourth-order valence-electron chi connectivity index (χ4n) is 2.12. The third-order valence-electron chi connectivity index (χ3n) is 3.08. The molecule has 4 heteroatoms. The van der Waals surface area contributed by atoms with E-state index in [1.165, 1.54) is 12.0 Å². The number of nitrogens with one attached hydrogen (secondary N) is 1. The Morgan fingerprint density at radius 3 is 3.06 bits per heavy atom. The Morgan fingerprint density at radius 1 is 1.56 bits per heavy atom. The molecule has 1 aliphatic rings. The fraction of sp³-hybridized carbons (Fsp3) is 0.500. The highest BCUT2D eigenvalue weighted by Crippen LogP contribution is 2.23. The molecule has 0 amide bonds. The summed E-state index contributed by atoms with van der Waals surface area (Å²) in [6.07, 6.45) is 1.22. The molecule has 1 atom stereocenters. The lowest BCUT2D eigenvalue weighted by Gasteiger charge is -2.17. The van der Waals surface area contributed by atoms with Crippen LogP contribution in [-0.4, -0.2) is 31.1 Å². The number of likely N-dealkylation sites (tertiary alicyclic amines) is 1. The highest BCUT2D eigenvalue weighted by Gasteiger charge is 2.21. The average Bonchev–Trinajstić information content (AvgIpc) is 2.71. The van der Waals surface area contributed by atoms with Crippen LogP contribution in [-0.2, 0) is 6.54 Å². The van der Waals surface area contributed by atoms with Gasteiger partial charge in [-0.1, -0.05) is 27.5 Å². The van der Waals surface area contributed by atoms with E-state index in [9.17, 15) is 0 Å². The second-order valence-corrected chi connectivity index (χ2v) is 5.57. The van der Waals surface area contributed by atoms with Gasteiger partial charge in [-0.2, -0.15) is 0 Å². The van der Waals surface area contributed by atoms with Crippen LogP contribution < -0.4 is 5.32 Å². The van der Waals surface area contributed by atoms with Crippen molar-refractivity contribution in [3.63, 3.8) is 0 Å². The standard InChI is InChI=1S/C12H16BrClN2/c1-15-11-4-5-16(8-11)7-9-6-10(13)2-3-12(9)14/h2-3,6,11,15H,4-5,7-8H2,1H3. The summed E-state index contributed by atoms with van der Waals surface area (Å²) in [4.78, 5) is 2.44. The highest BCUT2D eigenvalue weighted by atomic mass is 79.9. The van der Waals surface area contributed by atoms with Gasteiger partial charge in [0.05, 0.1) is 0 Å². The normalized spacial score (nSPS) is 21.6. The fourth-order valence-corrected chi connectivity index (χ4v) is 2.70. The minimum absolute atomic E-state index is 0.630. The molecule has 0 bridgehead atoms. The quantitative estimate of drug-likeness (QED) is 0.924. The maximum Gasteiger partial charge on any atom is 0.0451 e. The number of likely N-dealkylation sites (N-methyl/N-ethyl adjacent to an activating group) is 1. The number of rotatable bonds is 3. The van der Waals surface area contributed by atoms with Crippen molar-refractivity contribution in [2.45, 2.75) is 19.0 Å². The number of hydrogen-bond donors (Lipinski definition) is 1. The topological polar surface area (TPSA) is 15.3 Å². The first-order valence-electron chi connectivity index (χ1n) is 5.52.